The molecule has 0 aliphatic heterocycles. The van der Waals surface area contributed by atoms with Crippen LogP contribution >= 0.6 is 0 Å². The van der Waals surface area contributed by atoms with E-state index in [1.807, 2.05) is 28.8 Å². The van der Waals surface area contributed by atoms with Crippen LogP contribution in [0.2, 0.25) is 0 Å². The SMILES string of the molecule is CC(=O)c1ccc(-n2c(CCC(=O)[O-])ccc2-c2ccc(F)cc2)cc1. The van der Waals surface area contributed by atoms with E-state index < -0.39 is 5.97 Å². The Labute approximate surface area is 150 Å². The van der Waals surface area contributed by atoms with Crippen LogP contribution in [0.1, 0.15) is 29.4 Å². The molecule has 0 radical (unpaired) electrons. The van der Waals surface area contributed by atoms with Crippen molar-refractivity contribution >= 4 is 11.8 Å². The molecule has 3 rings (SSSR count). The number of ketones is 1. The number of aryl methyl sites for hydroxylation is 1. The lowest BCUT2D eigenvalue weighted by atomic mass is 10.1. The van der Waals surface area contributed by atoms with E-state index in [2.05, 4.69) is 0 Å². The van der Waals surface area contributed by atoms with Crippen molar-refractivity contribution in [1.82, 2.24) is 4.57 Å². The van der Waals surface area contributed by atoms with Gasteiger partial charge in [0.2, 0.25) is 0 Å². The fourth-order valence-corrected chi connectivity index (χ4v) is 2.90. The van der Waals surface area contributed by atoms with Gasteiger partial charge < -0.3 is 14.5 Å². The van der Waals surface area contributed by atoms with E-state index in [0.717, 1.165) is 22.6 Å². The van der Waals surface area contributed by atoms with Gasteiger partial charge in [-0.25, -0.2) is 4.39 Å². The normalized spacial score (nSPS) is 10.7. The van der Waals surface area contributed by atoms with Crippen molar-refractivity contribution in [3.63, 3.8) is 0 Å². The molecule has 0 atom stereocenters. The first kappa shape index (κ1) is 17.6. The second kappa shape index (κ2) is 7.35. The predicted octanol–water partition coefficient (Wildman–Crippen LogP) is 3.17. The summed E-state index contributed by atoms with van der Waals surface area (Å²) in [4.78, 5) is 22.3. The van der Waals surface area contributed by atoms with E-state index >= 15 is 0 Å². The van der Waals surface area contributed by atoms with Crippen LogP contribution in [0.3, 0.4) is 0 Å². The maximum atomic E-state index is 13.2. The molecule has 3 aromatic rings. The molecule has 132 valence electrons. The summed E-state index contributed by atoms with van der Waals surface area (Å²) in [5, 5.41) is 10.9. The molecule has 2 aromatic carbocycles. The number of nitrogens with zero attached hydrogens (tertiary/aromatic N) is 1. The van der Waals surface area contributed by atoms with Gasteiger partial charge in [-0.05, 0) is 86.0 Å². The minimum atomic E-state index is -1.12. The molecule has 0 bridgehead atoms. The highest BCUT2D eigenvalue weighted by Crippen LogP contribution is 2.28. The number of Topliss-reactive ketones (excluding diaryl/α,β-unsaturated/α-hetero) is 1. The number of aliphatic carboxylic acids is 1. The number of carbonyl (C=O) groups is 2. The molecular weight excluding hydrogens is 333 g/mol. The summed E-state index contributed by atoms with van der Waals surface area (Å²) in [7, 11) is 0. The molecule has 0 N–H and O–H groups in total. The summed E-state index contributed by atoms with van der Waals surface area (Å²) >= 11 is 0. The molecule has 0 aliphatic rings. The number of hydrogen-bond acceptors (Lipinski definition) is 3. The number of halogens is 1. The minimum Gasteiger partial charge on any atom is -0.550 e. The average Bonchev–Trinajstić information content (AvgIpc) is 3.04. The van der Waals surface area contributed by atoms with Crippen LogP contribution in [0.25, 0.3) is 16.9 Å². The molecule has 4 nitrogen and oxygen atoms in total. The van der Waals surface area contributed by atoms with E-state index in [9.17, 15) is 19.1 Å². The summed E-state index contributed by atoms with van der Waals surface area (Å²) in [5.41, 5.74) is 3.81. The summed E-state index contributed by atoms with van der Waals surface area (Å²) < 4.78 is 15.2. The van der Waals surface area contributed by atoms with E-state index in [-0.39, 0.29) is 18.0 Å². The zero-order valence-corrected chi connectivity index (χ0v) is 14.2. The molecule has 1 heterocycles. The lowest BCUT2D eigenvalue weighted by Gasteiger charge is -2.15. The Kier molecular flexibility index (Phi) is 4.98. The van der Waals surface area contributed by atoms with Gasteiger partial charge in [-0.1, -0.05) is 0 Å². The van der Waals surface area contributed by atoms with Gasteiger partial charge in [0.1, 0.15) is 5.82 Å². The predicted molar refractivity (Wildman–Crippen MR) is 94.5 cm³/mol. The third kappa shape index (κ3) is 3.72. The maximum Gasteiger partial charge on any atom is 0.159 e. The van der Waals surface area contributed by atoms with E-state index in [1.54, 1.807) is 24.3 Å². The van der Waals surface area contributed by atoms with E-state index in [1.165, 1.54) is 19.1 Å². The molecule has 1 aromatic heterocycles. The second-order valence-corrected chi connectivity index (χ2v) is 6.03. The Morgan fingerprint density at radius 1 is 0.962 bits per heavy atom. The third-order valence-electron chi connectivity index (χ3n) is 4.22. The summed E-state index contributed by atoms with van der Waals surface area (Å²) in [6, 6.07) is 16.9. The maximum absolute atomic E-state index is 13.2. The first-order valence-electron chi connectivity index (χ1n) is 8.23. The summed E-state index contributed by atoms with van der Waals surface area (Å²) in [6.45, 7) is 1.50. The Morgan fingerprint density at radius 3 is 2.19 bits per heavy atom. The summed E-state index contributed by atoms with van der Waals surface area (Å²) in [5.74, 6) is -1.47. The highest BCUT2D eigenvalue weighted by Gasteiger charge is 2.13. The fourth-order valence-electron chi connectivity index (χ4n) is 2.90. The Bertz CT molecular complexity index is 940. The van der Waals surface area contributed by atoms with Crippen LogP contribution in [0, 0.1) is 5.82 Å². The van der Waals surface area contributed by atoms with Crippen molar-refractivity contribution in [2.75, 3.05) is 0 Å². The molecule has 0 saturated heterocycles. The Morgan fingerprint density at radius 2 is 1.62 bits per heavy atom. The zero-order chi connectivity index (χ0) is 18.7. The summed E-state index contributed by atoms with van der Waals surface area (Å²) in [6.07, 6.45) is 0.205. The van der Waals surface area contributed by atoms with Crippen LogP contribution in [0.15, 0.2) is 60.7 Å². The molecule has 0 saturated carbocycles. The molecule has 26 heavy (non-hydrogen) atoms. The lowest BCUT2D eigenvalue weighted by molar-refractivity contribution is -0.305. The average molecular weight is 350 g/mol. The third-order valence-corrected chi connectivity index (χ3v) is 4.22. The van der Waals surface area contributed by atoms with Gasteiger partial charge in [-0.3, -0.25) is 4.79 Å². The van der Waals surface area contributed by atoms with Gasteiger partial charge in [0, 0.05) is 22.9 Å². The molecule has 0 spiro atoms. The van der Waals surface area contributed by atoms with Crippen molar-refractivity contribution in [2.24, 2.45) is 0 Å². The Hall–Kier alpha value is -3.21. The van der Waals surface area contributed by atoms with Gasteiger partial charge >= 0.3 is 0 Å². The van der Waals surface area contributed by atoms with Crippen LogP contribution < -0.4 is 5.11 Å². The van der Waals surface area contributed by atoms with Crippen LogP contribution in [-0.4, -0.2) is 16.3 Å². The quantitative estimate of drug-likeness (QED) is 0.642. The van der Waals surface area contributed by atoms with Crippen LogP contribution in [0.5, 0.6) is 0 Å². The number of carboxylic acids is 1. The van der Waals surface area contributed by atoms with Crippen molar-refractivity contribution in [2.45, 2.75) is 19.8 Å². The van der Waals surface area contributed by atoms with Crippen molar-refractivity contribution < 1.29 is 19.1 Å². The number of carbonyl (C=O) groups excluding carboxylic acids is 2. The Balaban J connectivity index is 2.09. The standard InChI is InChI=1S/C21H18FNO3/c1-14(24)15-4-8-18(9-5-15)23-19(11-13-21(25)26)10-12-20(23)16-2-6-17(22)7-3-16/h2-10,12H,11,13H2,1H3,(H,25,26)/p-1. The van der Waals surface area contributed by atoms with Crippen molar-refractivity contribution in [1.29, 1.82) is 0 Å². The van der Waals surface area contributed by atoms with Gasteiger partial charge in [0.25, 0.3) is 0 Å². The number of hydrogen-bond donors (Lipinski definition) is 0. The second-order valence-electron chi connectivity index (χ2n) is 6.03. The van der Waals surface area contributed by atoms with Crippen molar-refractivity contribution in [3.8, 4) is 16.9 Å². The van der Waals surface area contributed by atoms with Gasteiger partial charge in [0.15, 0.2) is 5.78 Å². The van der Waals surface area contributed by atoms with Gasteiger partial charge in [-0.15, -0.1) is 0 Å². The van der Waals surface area contributed by atoms with Gasteiger partial charge in [0.05, 0.1) is 5.69 Å². The highest BCUT2D eigenvalue weighted by atomic mass is 19.1. The number of aromatic nitrogens is 1. The van der Waals surface area contributed by atoms with E-state index in [4.69, 9.17) is 0 Å². The smallest absolute Gasteiger partial charge is 0.159 e. The van der Waals surface area contributed by atoms with E-state index in [0.29, 0.717) is 12.0 Å². The number of carboxylic acid groups (broad SMARTS) is 1. The van der Waals surface area contributed by atoms with Gasteiger partial charge in [-0.2, -0.15) is 0 Å². The molecule has 5 heteroatoms. The molecule has 0 aliphatic carbocycles. The molecule has 0 amide bonds. The highest BCUT2D eigenvalue weighted by molar-refractivity contribution is 5.94. The van der Waals surface area contributed by atoms with Crippen molar-refractivity contribution in [3.05, 3.63) is 77.7 Å². The minimum absolute atomic E-state index is 0.0278. The monoisotopic (exact) mass is 350 g/mol. The lowest BCUT2D eigenvalue weighted by Crippen LogP contribution is -2.22. The largest absolute Gasteiger partial charge is 0.550 e. The number of benzene rings is 2. The zero-order valence-electron chi connectivity index (χ0n) is 14.2. The van der Waals surface area contributed by atoms with Crippen LogP contribution in [0.4, 0.5) is 4.39 Å². The van der Waals surface area contributed by atoms with Crippen LogP contribution in [-0.2, 0) is 11.2 Å². The molecular formula is C21H17FNO3-. The topological polar surface area (TPSA) is 62.1 Å². The first-order valence-corrected chi connectivity index (χ1v) is 8.23. The number of rotatable bonds is 6. The molecule has 0 fully saturated rings. The molecule has 0 unspecified atom stereocenters. The first-order chi connectivity index (χ1) is 12.5. The fraction of sp³-hybridized carbons (Fsp3) is 0.143.